The molecule has 9 aromatic rings. The highest BCUT2D eigenvalue weighted by Crippen LogP contribution is 2.47. The van der Waals surface area contributed by atoms with Crippen LogP contribution in [0.4, 0.5) is 51.2 Å². The lowest BCUT2D eigenvalue weighted by molar-refractivity contribution is 0.488. The van der Waals surface area contributed by atoms with E-state index >= 15 is 0 Å². The molecule has 59 heavy (non-hydrogen) atoms. The maximum absolute atomic E-state index is 7.13. The summed E-state index contributed by atoms with van der Waals surface area (Å²) in [5.74, 6) is 1.75. The third kappa shape index (κ3) is 5.85. The quantitative estimate of drug-likeness (QED) is 0.151. The summed E-state index contributed by atoms with van der Waals surface area (Å²) in [6.45, 7) is 4.20. The van der Waals surface area contributed by atoms with Gasteiger partial charge in [-0.2, -0.15) is 0 Å². The number of fused-ring (bicyclic) bond motifs is 6. The molecule has 0 spiro atoms. The largest absolute Gasteiger partial charge is 0.458 e. The topological polar surface area (TPSA) is 19.0 Å². The molecule has 0 atom stereocenters. The second kappa shape index (κ2) is 14.2. The van der Waals surface area contributed by atoms with Gasteiger partial charge in [0, 0.05) is 57.0 Å². The second-order valence-electron chi connectivity index (χ2n) is 15.5. The van der Waals surface area contributed by atoms with Crippen LogP contribution in [0, 0.1) is 13.8 Å². The van der Waals surface area contributed by atoms with Gasteiger partial charge in [-0.3, -0.25) is 0 Å². The van der Waals surface area contributed by atoms with Crippen LogP contribution in [0.5, 0.6) is 11.5 Å². The highest BCUT2D eigenvalue weighted by atomic mass is 16.5. The van der Waals surface area contributed by atoms with Crippen LogP contribution in [-0.4, -0.2) is 6.71 Å². The number of hydrogen-bond donors (Lipinski definition) is 0. The predicted octanol–water partition coefficient (Wildman–Crippen LogP) is 12.8. The van der Waals surface area contributed by atoms with E-state index in [1.54, 1.807) is 0 Å². The molecule has 0 unspecified atom stereocenters. The van der Waals surface area contributed by atoms with Crippen molar-refractivity contribution in [1.29, 1.82) is 0 Å². The molecular formula is C54H40BN3O. The van der Waals surface area contributed by atoms with Gasteiger partial charge in [-0.05, 0) is 121 Å². The van der Waals surface area contributed by atoms with Crippen LogP contribution in [0.1, 0.15) is 11.1 Å². The second-order valence-corrected chi connectivity index (χ2v) is 15.5. The molecule has 11 rings (SSSR count). The first-order valence-electron chi connectivity index (χ1n) is 20.3. The predicted molar refractivity (Wildman–Crippen MR) is 249 cm³/mol. The maximum Gasteiger partial charge on any atom is 0.257 e. The third-order valence-corrected chi connectivity index (χ3v) is 11.8. The maximum atomic E-state index is 7.13. The van der Waals surface area contributed by atoms with Crippen molar-refractivity contribution in [2.45, 2.75) is 13.8 Å². The van der Waals surface area contributed by atoms with Crippen molar-refractivity contribution < 1.29 is 4.74 Å². The summed E-state index contributed by atoms with van der Waals surface area (Å²) in [6.07, 6.45) is 0. The van der Waals surface area contributed by atoms with E-state index in [4.69, 9.17) is 4.74 Å². The average Bonchev–Trinajstić information content (AvgIpc) is 3.29. The van der Waals surface area contributed by atoms with Crippen LogP contribution in [0.15, 0.2) is 206 Å². The molecule has 0 aliphatic carbocycles. The molecule has 0 N–H and O–H groups in total. The normalized spacial score (nSPS) is 12.3. The molecule has 2 aliphatic rings. The molecule has 0 saturated heterocycles. The number of ether oxygens (including phenoxy) is 1. The Morgan fingerprint density at radius 1 is 0.407 bits per heavy atom. The number of anilines is 9. The first-order chi connectivity index (χ1) is 29.1. The number of hydrogen-bond acceptors (Lipinski definition) is 4. The molecule has 9 aromatic carbocycles. The van der Waals surface area contributed by atoms with Crippen LogP contribution in [0.3, 0.4) is 0 Å². The van der Waals surface area contributed by atoms with Crippen LogP contribution in [0.25, 0.3) is 10.8 Å². The Morgan fingerprint density at radius 2 is 0.949 bits per heavy atom. The van der Waals surface area contributed by atoms with Gasteiger partial charge in [0.1, 0.15) is 11.5 Å². The van der Waals surface area contributed by atoms with Gasteiger partial charge < -0.3 is 19.4 Å². The van der Waals surface area contributed by atoms with E-state index in [-0.39, 0.29) is 6.71 Å². The van der Waals surface area contributed by atoms with E-state index in [0.717, 1.165) is 68.1 Å². The van der Waals surface area contributed by atoms with Crippen LogP contribution in [0.2, 0.25) is 0 Å². The highest BCUT2D eigenvalue weighted by molar-refractivity contribution is 7.00. The summed E-state index contributed by atoms with van der Waals surface area (Å²) >= 11 is 0. The molecule has 2 heterocycles. The zero-order valence-corrected chi connectivity index (χ0v) is 33.0. The molecule has 0 aromatic heterocycles. The smallest absolute Gasteiger partial charge is 0.257 e. The lowest BCUT2D eigenvalue weighted by atomic mass is 9.33. The van der Waals surface area contributed by atoms with Gasteiger partial charge in [0.25, 0.3) is 6.71 Å². The molecule has 4 nitrogen and oxygen atoms in total. The van der Waals surface area contributed by atoms with Gasteiger partial charge in [-0.1, -0.05) is 126 Å². The Kier molecular flexibility index (Phi) is 8.33. The number of para-hydroxylation sites is 3. The molecule has 2 aliphatic heterocycles. The van der Waals surface area contributed by atoms with Crippen molar-refractivity contribution in [2.75, 3.05) is 14.7 Å². The molecule has 0 bridgehead atoms. The minimum absolute atomic E-state index is 0.0815. The fourth-order valence-electron chi connectivity index (χ4n) is 9.11. The summed E-state index contributed by atoms with van der Waals surface area (Å²) in [5.41, 5.74) is 16.0. The Labute approximate surface area is 345 Å². The monoisotopic (exact) mass is 757 g/mol. The van der Waals surface area contributed by atoms with E-state index in [9.17, 15) is 0 Å². The Hall–Kier alpha value is -7.50. The van der Waals surface area contributed by atoms with Crippen LogP contribution >= 0.6 is 0 Å². The van der Waals surface area contributed by atoms with Gasteiger partial charge in [0.2, 0.25) is 0 Å². The van der Waals surface area contributed by atoms with Crippen molar-refractivity contribution in [3.63, 3.8) is 0 Å². The minimum atomic E-state index is -0.0815. The van der Waals surface area contributed by atoms with E-state index in [0.29, 0.717) is 0 Å². The molecule has 5 heteroatoms. The Morgan fingerprint density at radius 3 is 1.58 bits per heavy atom. The van der Waals surface area contributed by atoms with Crippen molar-refractivity contribution in [3.05, 3.63) is 217 Å². The van der Waals surface area contributed by atoms with Crippen LogP contribution in [-0.2, 0) is 0 Å². The number of nitrogens with zero attached hydrogens (tertiary/aromatic N) is 3. The molecule has 0 radical (unpaired) electrons. The molecular weight excluding hydrogens is 717 g/mol. The Balaban J connectivity index is 1.17. The number of benzene rings is 9. The summed E-state index contributed by atoms with van der Waals surface area (Å²) in [5, 5.41) is 2.34. The van der Waals surface area contributed by atoms with Crippen molar-refractivity contribution in [1.82, 2.24) is 0 Å². The standard InChI is InChI=1S/C54H40BN3O/c1-37-25-29-42(30-26-37)56(43-31-27-38(2)28-32-43)44-33-34-47-50(35-44)58(41-19-10-5-11-20-41)48-23-14-24-51-54(48)55(47)53-46-22-13-12-21-45(46)49(36-52(53)59-51)57(39-15-6-3-7-16-39)40-17-8-4-9-18-40/h3-36H,1-2H3. The third-order valence-electron chi connectivity index (χ3n) is 11.8. The van der Waals surface area contributed by atoms with Crippen molar-refractivity contribution >= 4 is 85.1 Å². The minimum Gasteiger partial charge on any atom is -0.458 e. The van der Waals surface area contributed by atoms with E-state index in [1.807, 2.05) is 0 Å². The zero-order chi connectivity index (χ0) is 39.5. The Bertz CT molecular complexity index is 2900. The van der Waals surface area contributed by atoms with Gasteiger partial charge >= 0.3 is 0 Å². The fraction of sp³-hybridized carbons (Fsp3) is 0.0370. The molecule has 0 saturated carbocycles. The SMILES string of the molecule is Cc1ccc(N(c2ccc(C)cc2)c2ccc3c(c2)N(c2ccccc2)c2cccc4c2B3c2c(cc(N(c3ccccc3)c3ccccc3)c3ccccc23)O4)cc1. The summed E-state index contributed by atoms with van der Waals surface area (Å²) < 4.78 is 7.13. The van der Waals surface area contributed by atoms with E-state index < -0.39 is 0 Å². The fourth-order valence-corrected chi connectivity index (χ4v) is 9.11. The van der Waals surface area contributed by atoms with Crippen LogP contribution < -0.4 is 35.8 Å². The van der Waals surface area contributed by atoms with E-state index in [2.05, 4.69) is 235 Å². The average molecular weight is 758 g/mol. The van der Waals surface area contributed by atoms with Gasteiger partial charge in [-0.15, -0.1) is 0 Å². The van der Waals surface area contributed by atoms with Gasteiger partial charge in [0.15, 0.2) is 0 Å². The molecule has 280 valence electrons. The van der Waals surface area contributed by atoms with Gasteiger partial charge in [-0.25, -0.2) is 0 Å². The number of rotatable bonds is 7. The molecule has 0 fully saturated rings. The summed E-state index contributed by atoms with van der Waals surface area (Å²) in [6, 6.07) is 74.3. The molecule has 0 amide bonds. The summed E-state index contributed by atoms with van der Waals surface area (Å²) in [4.78, 5) is 7.14. The zero-order valence-electron chi connectivity index (χ0n) is 33.0. The lowest BCUT2D eigenvalue weighted by Crippen LogP contribution is -2.59. The lowest BCUT2D eigenvalue weighted by Gasteiger charge is -2.41. The van der Waals surface area contributed by atoms with Gasteiger partial charge in [0.05, 0.1) is 5.69 Å². The van der Waals surface area contributed by atoms with E-state index in [1.165, 1.54) is 32.9 Å². The van der Waals surface area contributed by atoms with Crippen molar-refractivity contribution in [3.8, 4) is 11.5 Å². The first kappa shape index (κ1) is 34.7. The highest BCUT2D eigenvalue weighted by Gasteiger charge is 2.43. The van der Waals surface area contributed by atoms with Crippen molar-refractivity contribution in [2.24, 2.45) is 0 Å². The summed E-state index contributed by atoms with van der Waals surface area (Å²) in [7, 11) is 0. The first-order valence-corrected chi connectivity index (χ1v) is 20.3. The number of aryl methyl sites for hydroxylation is 2.